The molecule has 1 aromatic heterocycles. The Balaban J connectivity index is 1.63. The number of anilines is 3. The molecule has 3 aliphatic rings. The van der Waals surface area contributed by atoms with Crippen LogP contribution in [0.5, 0.6) is 0 Å². The van der Waals surface area contributed by atoms with Gasteiger partial charge in [-0.2, -0.15) is 5.10 Å². The summed E-state index contributed by atoms with van der Waals surface area (Å²) in [6.07, 6.45) is 2.68. The van der Waals surface area contributed by atoms with Crippen LogP contribution in [0.4, 0.5) is 21.6 Å². The van der Waals surface area contributed by atoms with Crippen LogP contribution in [0.2, 0.25) is 0 Å². The molecular formula is C23H30FN5O2. The number of likely N-dealkylation sites (N-methyl/N-ethyl adjacent to an activating group) is 1. The highest BCUT2D eigenvalue weighted by Gasteiger charge is 2.34. The van der Waals surface area contributed by atoms with Crippen molar-refractivity contribution >= 4 is 23.1 Å². The molecule has 5 rings (SSSR count). The summed E-state index contributed by atoms with van der Waals surface area (Å²) in [6.45, 7) is 7.73. The van der Waals surface area contributed by atoms with Gasteiger partial charge < -0.3 is 19.4 Å². The maximum absolute atomic E-state index is 14.6. The standard InChI is InChI=1S/C23H30FN5O2/c1-15-12-21-22(13-19(15)24)28(9-8-26(21)3)23-18-14-27(16(2)30)7-4-20(18)29(25-23)17-5-10-31-11-6-17/h12-13,17H,4-11,14H2,1-3H3. The van der Waals surface area contributed by atoms with E-state index in [0.717, 1.165) is 68.3 Å². The van der Waals surface area contributed by atoms with Crippen molar-refractivity contribution in [3.8, 4) is 0 Å². The third kappa shape index (κ3) is 3.46. The summed E-state index contributed by atoms with van der Waals surface area (Å²) in [5, 5.41) is 5.12. The highest BCUT2D eigenvalue weighted by Crippen LogP contribution is 2.42. The van der Waals surface area contributed by atoms with E-state index < -0.39 is 0 Å². The fourth-order valence-corrected chi connectivity index (χ4v) is 5.03. The molecule has 0 unspecified atom stereocenters. The van der Waals surface area contributed by atoms with Gasteiger partial charge in [-0.25, -0.2) is 4.39 Å². The van der Waals surface area contributed by atoms with Crippen LogP contribution in [0.1, 0.15) is 42.6 Å². The van der Waals surface area contributed by atoms with Gasteiger partial charge >= 0.3 is 0 Å². The van der Waals surface area contributed by atoms with Crippen LogP contribution in [0.3, 0.4) is 0 Å². The van der Waals surface area contributed by atoms with Crippen molar-refractivity contribution in [2.75, 3.05) is 49.7 Å². The number of hydrogen-bond donors (Lipinski definition) is 0. The molecule has 4 heterocycles. The van der Waals surface area contributed by atoms with Gasteiger partial charge in [0, 0.05) is 64.5 Å². The minimum absolute atomic E-state index is 0.0795. The second kappa shape index (κ2) is 7.82. The molecule has 0 bridgehead atoms. The smallest absolute Gasteiger partial charge is 0.219 e. The Morgan fingerprint density at radius 2 is 1.94 bits per heavy atom. The van der Waals surface area contributed by atoms with Crippen LogP contribution in [0.15, 0.2) is 12.1 Å². The Kier molecular flexibility index (Phi) is 5.12. The molecule has 3 aliphatic heterocycles. The van der Waals surface area contributed by atoms with Crippen LogP contribution >= 0.6 is 0 Å². The zero-order chi connectivity index (χ0) is 21.7. The van der Waals surface area contributed by atoms with Crippen LogP contribution in [-0.2, 0) is 22.5 Å². The van der Waals surface area contributed by atoms with Gasteiger partial charge in [0.2, 0.25) is 5.91 Å². The molecule has 1 aromatic carbocycles. The molecule has 1 fully saturated rings. The molecular weight excluding hydrogens is 397 g/mol. The Morgan fingerprint density at radius 3 is 2.68 bits per heavy atom. The lowest BCUT2D eigenvalue weighted by atomic mass is 10.0. The second-order valence-electron chi connectivity index (χ2n) is 8.89. The fraction of sp³-hybridized carbons (Fsp3) is 0.565. The van der Waals surface area contributed by atoms with E-state index in [1.54, 1.807) is 19.9 Å². The van der Waals surface area contributed by atoms with E-state index in [0.29, 0.717) is 24.7 Å². The van der Waals surface area contributed by atoms with Crippen molar-refractivity contribution in [1.82, 2.24) is 14.7 Å². The van der Waals surface area contributed by atoms with Crippen molar-refractivity contribution in [2.45, 2.75) is 45.7 Å². The average Bonchev–Trinajstić information content (AvgIpc) is 3.15. The van der Waals surface area contributed by atoms with E-state index in [1.165, 1.54) is 5.69 Å². The van der Waals surface area contributed by atoms with Gasteiger partial charge in [-0.3, -0.25) is 9.48 Å². The fourth-order valence-electron chi connectivity index (χ4n) is 5.03. The third-order valence-corrected chi connectivity index (χ3v) is 6.92. The van der Waals surface area contributed by atoms with Gasteiger partial charge in [0.15, 0.2) is 5.82 Å². The van der Waals surface area contributed by atoms with Crippen LogP contribution in [0.25, 0.3) is 0 Å². The molecule has 8 heteroatoms. The van der Waals surface area contributed by atoms with Gasteiger partial charge in [0.25, 0.3) is 0 Å². The summed E-state index contributed by atoms with van der Waals surface area (Å²) in [7, 11) is 2.04. The summed E-state index contributed by atoms with van der Waals surface area (Å²) in [6, 6.07) is 3.86. The van der Waals surface area contributed by atoms with Crippen molar-refractivity contribution < 1.29 is 13.9 Å². The Morgan fingerprint density at radius 1 is 1.16 bits per heavy atom. The minimum Gasteiger partial charge on any atom is -0.381 e. The molecule has 31 heavy (non-hydrogen) atoms. The number of benzene rings is 1. The van der Waals surface area contributed by atoms with Gasteiger partial charge in [-0.1, -0.05) is 0 Å². The van der Waals surface area contributed by atoms with Crippen molar-refractivity contribution in [3.05, 3.63) is 34.8 Å². The number of nitrogens with zero attached hydrogens (tertiary/aromatic N) is 5. The SMILES string of the molecule is CC(=O)N1CCc2c(c(N3CCN(C)c4cc(C)c(F)cc43)nn2C2CCOCC2)C1. The first-order chi connectivity index (χ1) is 14.9. The maximum atomic E-state index is 14.6. The molecule has 0 radical (unpaired) electrons. The first kappa shape index (κ1) is 20.3. The zero-order valence-electron chi connectivity index (χ0n) is 18.5. The minimum atomic E-state index is -0.206. The Labute approximate surface area is 182 Å². The molecule has 0 N–H and O–H groups in total. The lowest BCUT2D eigenvalue weighted by Crippen LogP contribution is -2.38. The number of fused-ring (bicyclic) bond motifs is 2. The highest BCUT2D eigenvalue weighted by atomic mass is 19.1. The first-order valence-corrected chi connectivity index (χ1v) is 11.2. The van der Waals surface area contributed by atoms with Crippen molar-refractivity contribution in [3.63, 3.8) is 0 Å². The quantitative estimate of drug-likeness (QED) is 0.737. The number of halogens is 1. The number of aryl methyl sites for hydroxylation is 1. The van der Waals surface area contributed by atoms with Gasteiger partial charge in [0.1, 0.15) is 5.82 Å². The summed E-state index contributed by atoms with van der Waals surface area (Å²) in [5.41, 5.74) is 4.82. The number of carbonyl (C=O) groups is 1. The van der Waals surface area contributed by atoms with E-state index in [9.17, 15) is 9.18 Å². The van der Waals surface area contributed by atoms with E-state index in [1.807, 2.05) is 18.0 Å². The summed E-state index contributed by atoms with van der Waals surface area (Å²) in [5.74, 6) is 0.739. The largest absolute Gasteiger partial charge is 0.381 e. The molecule has 0 aliphatic carbocycles. The number of aromatic nitrogens is 2. The summed E-state index contributed by atoms with van der Waals surface area (Å²) >= 11 is 0. The van der Waals surface area contributed by atoms with Crippen molar-refractivity contribution in [1.29, 1.82) is 0 Å². The molecule has 0 spiro atoms. The van der Waals surface area contributed by atoms with E-state index in [4.69, 9.17) is 9.84 Å². The molecule has 1 amide bonds. The number of ether oxygens (including phenoxy) is 1. The zero-order valence-corrected chi connectivity index (χ0v) is 18.5. The van der Waals surface area contributed by atoms with E-state index in [-0.39, 0.29) is 11.7 Å². The van der Waals surface area contributed by atoms with Crippen LogP contribution in [-0.4, -0.2) is 60.5 Å². The summed E-state index contributed by atoms with van der Waals surface area (Å²) < 4.78 is 22.3. The summed E-state index contributed by atoms with van der Waals surface area (Å²) in [4.78, 5) is 18.3. The normalized spacial score (nSPS) is 19.4. The Hall–Kier alpha value is -2.61. The van der Waals surface area contributed by atoms with Gasteiger partial charge in [-0.05, 0) is 37.5 Å². The highest BCUT2D eigenvalue weighted by molar-refractivity contribution is 5.80. The monoisotopic (exact) mass is 427 g/mol. The van der Waals surface area contributed by atoms with E-state index >= 15 is 0 Å². The Bertz CT molecular complexity index is 1010. The van der Waals surface area contributed by atoms with Gasteiger partial charge in [-0.15, -0.1) is 0 Å². The maximum Gasteiger partial charge on any atom is 0.219 e. The number of carbonyl (C=O) groups excluding carboxylic acids is 1. The van der Waals surface area contributed by atoms with Crippen LogP contribution < -0.4 is 9.80 Å². The average molecular weight is 428 g/mol. The molecule has 0 saturated carbocycles. The molecule has 166 valence electrons. The molecule has 1 saturated heterocycles. The van der Waals surface area contributed by atoms with E-state index in [2.05, 4.69) is 14.5 Å². The number of rotatable bonds is 2. The number of hydrogen-bond acceptors (Lipinski definition) is 5. The van der Waals surface area contributed by atoms with Gasteiger partial charge in [0.05, 0.1) is 24.0 Å². The third-order valence-electron chi connectivity index (χ3n) is 6.92. The second-order valence-corrected chi connectivity index (χ2v) is 8.89. The predicted molar refractivity (Wildman–Crippen MR) is 118 cm³/mol. The topological polar surface area (TPSA) is 53.8 Å². The number of amides is 1. The lowest BCUT2D eigenvalue weighted by Gasteiger charge is -2.37. The van der Waals surface area contributed by atoms with Crippen molar-refractivity contribution in [2.24, 2.45) is 0 Å². The molecule has 0 atom stereocenters. The first-order valence-electron chi connectivity index (χ1n) is 11.2. The molecule has 7 nitrogen and oxygen atoms in total. The van der Waals surface area contributed by atoms with Crippen LogP contribution in [0, 0.1) is 12.7 Å². The molecule has 2 aromatic rings. The lowest BCUT2D eigenvalue weighted by molar-refractivity contribution is -0.129. The predicted octanol–water partition coefficient (Wildman–Crippen LogP) is 3.17.